The Balaban J connectivity index is 1.81. The molecule has 4 nitrogen and oxygen atoms in total. The highest BCUT2D eigenvalue weighted by Crippen LogP contribution is 2.26. The van der Waals surface area contributed by atoms with E-state index in [9.17, 15) is 0 Å². The molecule has 0 aliphatic heterocycles. The molecule has 1 heterocycles. The predicted molar refractivity (Wildman–Crippen MR) is 67.5 cm³/mol. The molecule has 1 saturated carbocycles. The molecule has 0 bridgehead atoms. The van der Waals surface area contributed by atoms with E-state index in [0.717, 1.165) is 25.3 Å². The van der Waals surface area contributed by atoms with Crippen molar-refractivity contribution in [3.8, 4) is 5.88 Å². The number of nitrogens with one attached hydrogen (secondary N) is 1. The number of hydrogen-bond donors (Lipinski definition) is 1. The molecule has 1 aliphatic rings. The van der Waals surface area contributed by atoms with Crippen molar-refractivity contribution in [2.24, 2.45) is 0 Å². The fraction of sp³-hybridized carbons (Fsp3) is 0.615. The Bertz CT molecular complexity index is 351. The van der Waals surface area contributed by atoms with E-state index in [1.807, 2.05) is 32.0 Å². The van der Waals surface area contributed by atoms with Gasteiger partial charge in [0.25, 0.3) is 0 Å². The average molecular weight is 236 g/mol. The fourth-order valence-electron chi connectivity index (χ4n) is 1.99. The molecule has 4 heteroatoms. The van der Waals surface area contributed by atoms with E-state index in [2.05, 4.69) is 10.3 Å². The van der Waals surface area contributed by atoms with E-state index in [0.29, 0.717) is 24.6 Å². The maximum absolute atomic E-state index is 5.52. The number of rotatable bonds is 6. The minimum atomic E-state index is 0.424. The third kappa shape index (κ3) is 3.33. The van der Waals surface area contributed by atoms with Crippen LogP contribution < -0.4 is 10.1 Å². The van der Waals surface area contributed by atoms with Gasteiger partial charge in [0.2, 0.25) is 5.88 Å². The Morgan fingerprint density at radius 2 is 2.12 bits per heavy atom. The molecule has 1 aromatic heterocycles. The maximum atomic E-state index is 5.52. The number of anilines is 1. The van der Waals surface area contributed by atoms with Gasteiger partial charge in [0.05, 0.1) is 12.7 Å². The van der Waals surface area contributed by atoms with Crippen LogP contribution in [0, 0.1) is 0 Å². The molecule has 1 N–H and O–H groups in total. The maximum Gasteiger partial charge on any atom is 0.215 e. The number of nitrogens with zero attached hydrogens (tertiary/aromatic N) is 1. The topological polar surface area (TPSA) is 43.4 Å². The summed E-state index contributed by atoms with van der Waals surface area (Å²) in [5, 5.41) is 3.39. The van der Waals surface area contributed by atoms with Crippen molar-refractivity contribution in [3.63, 3.8) is 0 Å². The molecule has 0 unspecified atom stereocenters. The third-order valence-electron chi connectivity index (χ3n) is 2.86. The zero-order chi connectivity index (χ0) is 12.1. The van der Waals surface area contributed by atoms with Crippen LogP contribution in [0.2, 0.25) is 0 Å². The second-order valence-electron chi connectivity index (χ2n) is 4.18. The van der Waals surface area contributed by atoms with Crippen LogP contribution in [0.4, 0.5) is 5.82 Å². The summed E-state index contributed by atoms with van der Waals surface area (Å²) in [7, 11) is 0. The van der Waals surface area contributed by atoms with Crippen molar-refractivity contribution in [1.29, 1.82) is 0 Å². The summed E-state index contributed by atoms with van der Waals surface area (Å²) in [5.74, 6) is 1.56. The second-order valence-corrected chi connectivity index (χ2v) is 4.18. The molecule has 0 atom stereocenters. The van der Waals surface area contributed by atoms with Gasteiger partial charge in [-0.2, -0.15) is 4.98 Å². The Hall–Kier alpha value is -1.29. The highest BCUT2D eigenvalue weighted by Gasteiger charge is 2.29. The molecule has 0 spiro atoms. The summed E-state index contributed by atoms with van der Waals surface area (Å²) >= 11 is 0. The van der Waals surface area contributed by atoms with Gasteiger partial charge < -0.3 is 14.8 Å². The lowest BCUT2D eigenvalue weighted by atomic mass is 9.89. The van der Waals surface area contributed by atoms with Gasteiger partial charge in [0, 0.05) is 18.7 Å². The first kappa shape index (κ1) is 12.2. The van der Waals surface area contributed by atoms with Crippen molar-refractivity contribution in [2.45, 2.75) is 38.8 Å². The van der Waals surface area contributed by atoms with E-state index < -0.39 is 0 Å². The minimum absolute atomic E-state index is 0.424. The van der Waals surface area contributed by atoms with E-state index in [1.54, 1.807) is 0 Å². The van der Waals surface area contributed by atoms with Gasteiger partial charge in [-0.15, -0.1) is 0 Å². The molecule has 1 aliphatic carbocycles. The number of hydrogen-bond acceptors (Lipinski definition) is 4. The highest BCUT2D eigenvalue weighted by atomic mass is 16.5. The zero-order valence-electron chi connectivity index (χ0n) is 10.5. The van der Waals surface area contributed by atoms with Gasteiger partial charge in [0.1, 0.15) is 5.82 Å². The number of pyridine rings is 1. The first-order valence-electron chi connectivity index (χ1n) is 6.29. The van der Waals surface area contributed by atoms with Gasteiger partial charge in [0.15, 0.2) is 0 Å². The summed E-state index contributed by atoms with van der Waals surface area (Å²) in [5.41, 5.74) is 0. The van der Waals surface area contributed by atoms with Crippen LogP contribution in [-0.2, 0) is 4.74 Å². The van der Waals surface area contributed by atoms with Crippen LogP contribution in [-0.4, -0.2) is 30.3 Å². The molecule has 0 saturated heterocycles. The Labute approximate surface area is 102 Å². The Morgan fingerprint density at radius 1 is 1.29 bits per heavy atom. The third-order valence-corrected chi connectivity index (χ3v) is 2.86. The minimum Gasteiger partial charge on any atom is -0.478 e. The van der Waals surface area contributed by atoms with Gasteiger partial charge >= 0.3 is 0 Å². The van der Waals surface area contributed by atoms with E-state index >= 15 is 0 Å². The first-order valence-corrected chi connectivity index (χ1v) is 6.29. The van der Waals surface area contributed by atoms with Gasteiger partial charge in [-0.25, -0.2) is 0 Å². The van der Waals surface area contributed by atoms with Crippen molar-refractivity contribution >= 4 is 5.82 Å². The van der Waals surface area contributed by atoms with Crippen LogP contribution in [0.5, 0.6) is 5.88 Å². The molecular formula is C13H20N2O2. The van der Waals surface area contributed by atoms with Crippen LogP contribution >= 0.6 is 0 Å². The molecule has 17 heavy (non-hydrogen) atoms. The molecule has 0 aromatic carbocycles. The van der Waals surface area contributed by atoms with Crippen LogP contribution in [0.15, 0.2) is 18.2 Å². The fourth-order valence-corrected chi connectivity index (χ4v) is 1.99. The van der Waals surface area contributed by atoms with Crippen molar-refractivity contribution in [3.05, 3.63) is 18.2 Å². The summed E-state index contributed by atoms with van der Waals surface area (Å²) in [4.78, 5) is 4.38. The lowest BCUT2D eigenvalue weighted by Crippen LogP contribution is -2.41. The van der Waals surface area contributed by atoms with Crippen LogP contribution in [0.1, 0.15) is 26.7 Å². The number of aromatic nitrogens is 1. The molecule has 1 aromatic rings. The van der Waals surface area contributed by atoms with E-state index in [-0.39, 0.29) is 0 Å². The van der Waals surface area contributed by atoms with Gasteiger partial charge in [-0.05, 0) is 32.8 Å². The van der Waals surface area contributed by atoms with Crippen molar-refractivity contribution < 1.29 is 9.47 Å². The summed E-state index contributed by atoms with van der Waals surface area (Å²) < 4.78 is 10.9. The molecule has 2 rings (SSSR count). The number of ether oxygens (including phenoxy) is 2. The summed E-state index contributed by atoms with van der Waals surface area (Å²) in [6, 6.07) is 6.28. The standard InChI is InChI=1S/C13H20N2O2/c1-3-16-11-8-10(9-11)14-12-6-5-7-13(15-12)17-4-2/h5-7,10-11H,3-4,8-9H2,1-2H3,(H,14,15). The lowest BCUT2D eigenvalue weighted by molar-refractivity contribution is 0.00292. The van der Waals surface area contributed by atoms with E-state index in [1.165, 1.54) is 0 Å². The molecule has 94 valence electrons. The molecule has 0 radical (unpaired) electrons. The smallest absolute Gasteiger partial charge is 0.215 e. The monoisotopic (exact) mass is 236 g/mol. The van der Waals surface area contributed by atoms with Crippen LogP contribution in [0.25, 0.3) is 0 Å². The average Bonchev–Trinajstić information content (AvgIpc) is 2.27. The first-order chi connectivity index (χ1) is 8.31. The summed E-state index contributed by atoms with van der Waals surface area (Å²) in [6.45, 7) is 5.44. The van der Waals surface area contributed by atoms with Crippen LogP contribution in [0.3, 0.4) is 0 Å². The van der Waals surface area contributed by atoms with Crippen molar-refractivity contribution in [1.82, 2.24) is 4.98 Å². The lowest BCUT2D eigenvalue weighted by Gasteiger charge is -2.35. The van der Waals surface area contributed by atoms with Crippen molar-refractivity contribution in [2.75, 3.05) is 18.5 Å². The SMILES string of the molecule is CCOc1cccc(NC2CC(OCC)C2)n1. The zero-order valence-corrected chi connectivity index (χ0v) is 10.5. The molecule has 0 amide bonds. The largest absolute Gasteiger partial charge is 0.478 e. The van der Waals surface area contributed by atoms with E-state index in [4.69, 9.17) is 9.47 Å². The Kier molecular flexibility index (Phi) is 4.20. The quantitative estimate of drug-likeness (QED) is 0.824. The highest BCUT2D eigenvalue weighted by molar-refractivity contribution is 5.38. The molecular weight excluding hydrogens is 216 g/mol. The Morgan fingerprint density at radius 3 is 2.82 bits per heavy atom. The van der Waals surface area contributed by atoms with Gasteiger partial charge in [-0.3, -0.25) is 0 Å². The predicted octanol–water partition coefficient (Wildman–Crippen LogP) is 2.46. The normalized spacial score (nSPS) is 22.9. The summed E-state index contributed by atoms with van der Waals surface area (Å²) in [6.07, 6.45) is 2.55. The molecule has 1 fully saturated rings. The second kappa shape index (κ2) is 5.87. The van der Waals surface area contributed by atoms with Gasteiger partial charge in [-0.1, -0.05) is 6.07 Å².